The average molecular weight is 332 g/mol. The summed E-state index contributed by atoms with van der Waals surface area (Å²) in [4.78, 5) is 24.0. The molecule has 0 bridgehead atoms. The van der Waals surface area contributed by atoms with Crippen molar-refractivity contribution >= 4 is 11.6 Å². The van der Waals surface area contributed by atoms with Gasteiger partial charge in [-0.05, 0) is 30.7 Å². The quantitative estimate of drug-likeness (QED) is 0.247. The minimum atomic E-state index is -0.381. The van der Waals surface area contributed by atoms with Crippen molar-refractivity contribution in [1.82, 2.24) is 0 Å². The molecule has 0 radical (unpaired) electrons. The lowest BCUT2D eigenvalue weighted by molar-refractivity contribution is -0.115. The molecule has 0 atom stereocenters. The summed E-state index contributed by atoms with van der Waals surface area (Å²) in [5, 5.41) is 0. The summed E-state index contributed by atoms with van der Waals surface area (Å²) >= 11 is 0. The van der Waals surface area contributed by atoms with Gasteiger partial charge in [-0.2, -0.15) is 0 Å². The first-order chi connectivity index (χ1) is 11.7. The Kier molecular flexibility index (Phi) is 10.8. The first kappa shape index (κ1) is 20.4. The molecule has 134 valence electrons. The normalized spacial score (nSPS) is 10.6. The van der Waals surface area contributed by atoms with Gasteiger partial charge in [0, 0.05) is 12.0 Å². The molecule has 3 nitrogen and oxygen atoms in total. The Labute approximate surface area is 146 Å². The van der Waals surface area contributed by atoms with Gasteiger partial charge in [-0.15, -0.1) is 0 Å². The highest BCUT2D eigenvalue weighted by Crippen LogP contribution is 2.14. The third kappa shape index (κ3) is 8.28. The largest absolute Gasteiger partial charge is 0.497 e. The van der Waals surface area contributed by atoms with Crippen molar-refractivity contribution < 1.29 is 14.3 Å². The Balaban J connectivity index is 2.09. The van der Waals surface area contributed by atoms with Crippen LogP contribution in [0.5, 0.6) is 5.75 Å². The molecule has 0 heterocycles. The van der Waals surface area contributed by atoms with Gasteiger partial charge in [-0.1, -0.05) is 64.7 Å². The van der Waals surface area contributed by atoms with Crippen LogP contribution >= 0.6 is 0 Å². The van der Waals surface area contributed by atoms with E-state index < -0.39 is 0 Å². The molecule has 0 fully saturated rings. The van der Waals surface area contributed by atoms with Gasteiger partial charge < -0.3 is 4.74 Å². The van der Waals surface area contributed by atoms with Gasteiger partial charge in [0.2, 0.25) is 11.6 Å². The number of hydrogen-bond donors (Lipinski definition) is 0. The van der Waals surface area contributed by atoms with Gasteiger partial charge in [0.15, 0.2) is 0 Å². The van der Waals surface area contributed by atoms with Gasteiger partial charge in [0.1, 0.15) is 5.75 Å². The first-order valence-electron chi connectivity index (χ1n) is 9.40. The van der Waals surface area contributed by atoms with E-state index in [9.17, 15) is 9.59 Å². The Hall–Kier alpha value is -1.64. The molecule has 1 aromatic carbocycles. The van der Waals surface area contributed by atoms with Gasteiger partial charge in [-0.3, -0.25) is 9.59 Å². The Morgan fingerprint density at radius 2 is 1.29 bits per heavy atom. The molecule has 24 heavy (non-hydrogen) atoms. The van der Waals surface area contributed by atoms with Crippen molar-refractivity contribution in [2.24, 2.45) is 0 Å². The fourth-order valence-corrected chi connectivity index (χ4v) is 2.79. The molecule has 0 aliphatic carbocycles. The summed E-state index contributed by atoms with van der Waals surface area (Å²) in [5.74, 6) is 0.0296. The molecular weight excluding hydrogens is 300 g/mol. The molecule has 0 saturated carbocycles. The summed E-state index contributed by atoms with van der Waals surface area (Å²) in [6.45, 7) is 2.24. The third-order valence-electron chi connectivity index (χ3n) is 4.36. The molecule has 3 heteroatoms. The number of carbonyl (C=O) groups is 2. The predicted molar refractivity (Wildman–Crippen MR) is 98.8 cm³/mol. The van der Waals surface area contributed by atoms with Crippen molar-refractivity contribution in [3.05, 3.63) is 29.8 Å². The standard InChI is InChI=1S/C21H32O3/c1-3-4-5-6-7-8-9-10-11-12-13-20(22)21(23)18-14-16-19(24-2)17-15-18/h14-17H,3-13H2,1-2H3. The van der Waals surface area contributed by atoms with Gasteiger partial charge in [0.05, 0.1) is 7.11 Å². The molecule has 0 N–H and O–H groups in total. The Morgan fingerprint density at radius 1 is 0.792 bits per heavy atom. The summed E-state index contributed by atoms with van der Waals surface area (Å²) in [6, 6.07) is 6.72. The highest BCUT2D eigenvalue weighted by atomic mass is 16.5. The maximum Gasteiger partial charge on any atom is 0.228 e. The smallest absolute Gasteiger partial charge is 0.228 e. The Bertz CT molecular complexity index is 476. The molecule has 0 saturated heterocycles. The Morgan fingerprint density at radius 3 is 1.79 bits per heavy atom. The maximum atomic E-state index is 12.0. The molecule has 0 amide bonds. The monoisotopic (exact) mass is 332 g/mol. The molecule has 0 aromatic heterocycles. The van der Waals surface area contributed by atoms with E-state index in [4.69, 9.17) is 4.74 Å². The number of ether oxygens (including phenoxy) is 1. The lowest BCUT2D eigenvalue weighted by atomic mass is 10.0. The number of unbranched alkanes of at least 4 members (excludes halogenated alkanes) is 9. The second-order valence-corrected chi connectivity index (χ2v) is 6.41. The molecule has 1 aromatic rings. The molecule has 1 rings (SSSR count). The highest BCUT2D eigenvalue weighted by molar-refractivity contribution is 6.43. The number of benzene rings is 1. The zero-order valence-electron chi connectivity index (χ0n) is 15.3. The van der Waals surface area contributed by atoms with Crippen LogP contribution in [0.2, 0.25) is 0 Å². The van der Waals surface area contributed by atoms with Crippen LogP contribution in [0.4, 0.5) is 0 Å². The van der Waals surface area contributed by atoms with Crippen molar-refractivity contribution in [3.8, 4) is 5.75 Å². The van der Waals surface area contributed by atoms with Crippen LogP contribution in [0.25, 0.3) is 0 Å². The van der Waals surface area contributed by atoms with Crippen LogP contribution < -0.4 is 4.74 Å². The van der Waals surface area contributed by atoms with Crippen LogP contribution in [-0.2, 0) is 4.79 Å². The third-order valence-corrected chi connectivity index (χ3v) is 4.36. The van der Waals surface area contributed by atoms with Crippen LogP contribution in [0.1, 0.15) is 87.9 Å². The van der Waals surface area contributed by atoms with Crippen LogP contribution in [0.3, 0.4) is 0 Å². The number of carbonyl (C=O) groups excluding carboxylic acids is 2. The second-order valence-electron chi connectivity index (χ2n) is 6.41. The summed E-state index contributed by atoms with van der Waals surface area (Å²) in [6.07, 6.45) is 12.6. The zero-order chi connectivity index (χ0) is 17.6. The van der Waals surface area contributed by atoms with E-state index in [1.807, 2.05) is 0 Å². The number of methoxy groups -OCH3 is 1. The fourth-order valence-electron chi connectivity index (χ4n) is 2.79. The minimum absolute atomic E-state index is 0.278. The lowest BCUT2D eigenvalue weighted by Gasteiger charge is -2.03. The van der Waals surface area contributed by atoms with Crippen molar-refractivity contribution in [3.63, 3.8) is 0 Å². The van der Waals surface area contributed by atoms with Crippen molar-refractivity contribution in [2.45, 2.75) is 77.6 Å². The van der Waals surface area contributed by atoms with Gasteiger partial charge in [-0.25, -0.2) is 0 Å². The van der Waals surface area contributed by atoms with Gasteiger partial charge >= 0.3 is 0 Å². The van der Waals surface area contributed by atoms with Crippen LogP contribution in [0.15, 0.2) is 24.3 Å². The van der Waals surface area contributed by atoms with E-state index in [0.717, 1.165) is 19.3 Å². The minimum Gasteiger partial charge on any atom is -0.497 e. The lowest BCUT2D eigenvalue weighted by Crippen LogP contribution is -2.13. The van der Waals surface area contributed by atoms with Gasteiger partial charge in [0.25, 0.3) is 0 Å². The number of Topliss-reactive ketones (excluding diaryl/α,β-unsaturated/α-hetero) is 2. The predicted octanol–water partition coefficient (Wildman–Crippen LogP) is 5.76. The van der Waals surface area contributed by atoms with Crippen LogP contribution in [0, 0.1) is 0 Å². The molecule has 0 aliphatic rings. The van der Waals surface area contributed by atoms with Crippen LogP contribution in [-0.4, -0.2) is 18.7 Å². The van der Waals surface area contributed by atoms with E-state index in [1.54, 1.807) is 31.4 Å². The highest BCUT2D eigenvalue weighted by Gasteiger charge is 2.15. The van der Waals surface area contributed by atoms with E-state index >= 15 is 0 Å². The summed E-state index contributed by atoms with van der Waals surface area (Å²) in [7, 11) is 1.58. The molecule has 0 unspecified atom stereocenters. The SMILES string of the molecule is CCCCCCCCCCCCC(=O)C(=O)c1ccc(OC)cc1. The second kappa shape index (κ2) is 12.7. The number of ketones is 2. The maximum absolute atomic E-state index is 12.0. The zero-order valence-corrected chi connectivity index (χ0v) is 15.3. The molecule has 0 spiro atoms. The first-order valence-corrected chi connectivity index (χ1v) is 9.40. The van der Waals surface area contributed by atoms with E-state index in [1.165, 1.54) is 44.9 Å². The number of rotatable bonds is 14. The fraction of sp³-hybridized carbons (Fsp3) is 0.619. The van der Waals surface area contributed by atoms with Crippen molar-refractivity contribution in [1.29, 1.82) is 0 Å². The average Bonchev–Trinajstić information content (AvgIpc) is 2.62. The number of hydrogen-bond acceptors (Lipinski definition) is 3. The van der Waals surface area contributed by atoms with Crippen molar-refractivity contribution in [2.75, 3.05) is 7.11 Å². The summed E-state index contributed by atoms with van der Waals surface area (Å²) < 4.78 is 5.05. The summed E-state index contributed by atoms with van der Waals surface area (Å²) in [5.41, 5.74) is 0.452. The van der Waals surface area contributed by atoms with E-state index in [2.05, 4.69) is 6.92 Å². The van der Waals surface area contributed by atoms with E-state index in [-0.39, 0.29) is 11.6 Å². The topological polar surface area (TPSA) is 43.4 Å². The molecular formula is C21H32O3. The van der Waals surface area contributed by atoms with E-state index in [0.29, 0.717) is 17.7 Å². The molecule has 0 aliphatic heterocycles.